The molecule has 4 nitrogen and oxygen atoms in total. The van der Waals surface area contributed by atoms with E-state index in [2.05, 4.69) is 16.9 Å². The predicted molar refractivity (Wildman–Crippen MR) is 62.3 cm³/mol. The number of para-hydroxylation sites is 1. The van der Waals surface area contributed by atoms with E-state index in [1.54, 1.807) is 0 Å². The predicted octanol–water partition coefficient (Wildman–Crippen LogP) is 2.41. The van der Waals surface area contributed by atoms with E-state index in [0.717, 1.165) is 17.7 Å². The minimum absolute atomic E-state index is 0.385. The molecule has 0 saturated carbocycles. The number of aryl methyl sites for hydroxylation is 1. The summed E-state index contributed by atoms with van der Waals surface area (Å²) in [6.45, 7) is 2.08. The molecule has 0 aliphatic rings. The van der Waals surface area contributed by atoms with Crippen LogP contribution >= 0.6 is 0 Å². The first-order valence-electron chi connectivity index (χ1n) is 5.13. The van der Waals surface area contributed by atoms with Gasteiger partial charge in [-0.2, -0.15) is 0 Å². The van der Waals surface area contributed by atoms with E-state index >= 15 is 0 Å². The average molecular weight is 215 g/mol. The van der Waals surface area contributed by atoms with Gasteiger partial charge in [-0.05, 0) is 18.1 Å². The van der Waals surface area contributed by atoms with Crippen molar-refractivity contribution in [3.63, 3.8) is 0 Å². The number of aromatic nitrogens is 2. The van der Waals surface area contributed by atoms with Gasteiger partial charge in [0.05, 0.1) is 12.4 Å². The van der Waals surface area contributed by atoms with E-state index < -0.39 is 0 Å². The molecular weight excluding hydrogens is 202 g/mol. The maximum atomic E-state index is 5.63. The second kappa shape index (κ2) is 4.61. The van der Waals surface area contributed by atoms with Crippen molar-refractivity contribution in [1.82, 2.24) is 9.97 Å². The quantitative estimate of drug-likeness (QED) is 0.854. The largest absolute Gasteiger partial charge is 0.437 e. The Morgan fingerprint density at radius 1 is 1.19 bits per heavy atom. The van der Waals surface area contributed by atoms with Gasteiger partial charge in [-0.25, -0.2) is 9.97 Å². The molecule has 2 N–H and O–H groups in total. The molecule has 0 atom stereocenters. The molecule has 0 aliphatic heterocycles. The lowest BCUT2D eigenvalue weighted by Crippen LogP contribution is -1.95. The molecule has 82 valence electrons. The van der Waals surface area contributed by atoms with Gasteiger partial charge < -0.3 is 10.5 Å². The fourth-order valence-corrected chi connectivity index (χ4v) is 1.39. The van der Waals surface area contributed by atoms with Crippen LogP contribution in [0.1, 0.15) is 12.5 Å². The highest BCUT2D eigenvalue weighted by molar-refractivity contribution is 5.36. The van der Waals surface area contributed by atoms with Crippen molar-refractivity contribution >= 4 is 5.82 Å². The minimum Gasteiger partial charge on any atom is -0.437 e. The summed E-state index contributed by atoms with van der Waals surface area (Å²) >= 11 is 0. The zero-order valence-corrected chi connectivity index (χ0v) is 9.05. The first kappa shape index (κ1) is 10.4. The molecule has 0 unspecified atom stereocenters. The highest BCUT2D eigenvalue weighted by Crippen LogP contribution is 2.23. The van der Waals surface area contributed by atoms with Gasteiger partial charge in [-0.1, -0.05) is 25.1 Å². The number of nitrogen functional groups attached to an aromatic ring is 1. The fourth-order valence-electron chi connectivity index (χ4n) is 1.39. The van der Waals surface area contributed by atoms with E-state index in [9.17, 15) is 0 Å². The summed E-state index contributed by atoms with van der Waals surface area (Å²) in [6, 6.07) is 7.86. The summed E-state index contributed by atoms with van der Waals surface area (Å²) in [5, 5.41) is 0. The van der Waals surface area contributed by atoms with Gasteiger partial charge in [-0.3, -0.25) is 0 Å². The first-order valence-corrected chi connectivity index (χ1v) is 5.13. The number of rotatable bonds is 3. The van der Waals surface area contributed by atoms with E-state index in [1.807, 2.05) is 24.3 Å². The summed E-state index contributed by atoms with van der Waals surface area (Å²) in [5.74, 6) is 1.65. The lowest BCUT2D eigenvalue weighted by Gasteiger charge is -2.08. The Hall–Kier alpha value is -2.10. The van der Waals surface area contributed by atoms with Crippen LogP contribution in [0, 0.1) is 0 Å². The van der Waals surface area contributed by atoms with Crippen molar-refractivity contribution in [3.05, 3.63) is 42.2 Å². The number of hydrogen-bond donors (Lipinski definition) is 1. The average Bonchev–Trinajstić information content (AvgIpc) is 2.33. The molecule has 2 rings (SSSR count). The SMILES string of the molecule is CCc1ccccc1Oc1cnc(N)cn1. The van der Waals surface area contributed by atoms with Crippen molar-refractivity contribution in [1.29, 1.82) is 0 Å². The molecule has 0 radical (unpaired) electrons. The normalized spacial score (nSPS) is 10.1. The minimum atomic E-state index is 0.385. The number of anilines is 1. The molecule has 4 heteroatoms. The topological polar surface area (TPSA) is 61.0 Å². The first-order chi connectivity index (χ1) is 7.79. The van der Waals surface area contributed by atoms with Gasteiger partial charge in [0, 0.05) is 0 Å². The number of nitrogens with two attached hydrogens (primary N) is 1. The number of benzene rings is 1. The summed E-state index contributed by atoms with van der Waals surface area (Å²) in [5.41, 5.74) is 6.59. The van der Waals surface area contributed by atoms with Crippen LogP contribution in [-0.4, -0.2) is 9.97 Å². The van der Waals surface area contributed by atoms with E-state index in [0.29, 0.717) is 11.7 Å². The molecule has 0 spiro atoms. The van der Waals surface area contributed by atoms with Crippen LogP contribution in [-0.2, 0) is 6.42 Å². The summed E-state index contributed by atoms with van der Waals surface area (Å²) in [7, 11) is 0. The molecule has 0 amide bonds. The molecular formula is C12H13N3O. The molecule has 0 saturated heterocycles. The van der Waals surface area contributed by atoms with Gasteiger partial charge in [0.1, 0.15) is 11.6 Å². The van der Waals surface area contributed by atoms with Crippen molar-refractivity contribution in [2.75, 3.05) is 5.73 Å². The van der Waals surface area contributed by atoms with Crippen LogP contribution in [0.5, 0.6) is 11.6 Å². The van der Waals surface area contributed by atoms with Gasteiger partial charge in [0.2, 0.25) is 5.88 Å². The second-order valence-electron chi connectivity index (χ2n) is 3.34. The Morgan fingerprint density at radius 2 is 2.00 bits per heavy atom. The van der Waals surface area contributed by atoms with Crippen LogP contribution in [0.2, 0.25) is 0 Å². The Balaban J connectivity index is 2.23. The van der Waals surface area contributed by atoms with Gasteiger partial charge in [-0.15, -0.1) is 0 Å². The molecule has 0 aliphatic carbocycles. The molecule has 0 fully saturated rings. The second-order valence-corrected chi connectivity index (χ2v) is 3.34. The van der Waals surface area contributed by atoms with Gasteiger partial charge in [0.25, 0.3) is 0 Å². The zero-order valence-electron chi connectivity index (χ0n) is 9.05. The van der Waals surface area contributed by atoms with Crippen LogP contribution in [0.4, 0.5) is 5.82 Å². The van der Waals surface area contributed by atoms with Crippen LogP contribution in [0.25, 0.3) is 0 Å². The van der Waals surface area contributed by atoms with Gasteiger partial charge >= 0.3 is 0 Å². The third-order valence-electron chi connectivity index (χ3n) is 2.22. The van der Waals surface area contributed by atoms with E-state index in [4.69, 9.17) is 10.5 Å². The Labute approximate surface area is 94.1 Å². The Kier molecular flexibility index (Phi) is 3.00. The molecule has 2 aromatic rings. The molecule has 1 aromatic heterocycles. The van der Waals surface area contributed by atoms with E-state index in [1.165, 1.54) is 12.4 Å². The standard InChI is InChI=1S/C12H13N3O/c1-2-9-5-3-4-6-10(9)16-12-8-14-11(13)7-15-12/h3-8H,2H2,1H3,(H2,13,14). The molecule has 0 bridgehead atoms. The number of nitrogens with zero attached hydrogens (tertiary/aromatic N) is 2. The van der Waals surface area contributed by atoms with Crippen LogP contribution < -0.4 is 10.5 Å². The summed E-state index contributed by atoms with van der Waals surface area (Å²) in [4.78, 5) is 7.96. The van der Waals surface area contributed by atoms with Crippen molar-refractivity contribution in [3.8, 4) is 11.6 Å². The summed E-state index contributed by atoms with van der Waals surface area (Å²) in [6.07, 6.45) is 3.91. The number of hydrogen-bond acceptors (Lipinski definition) is 4. The smallest absolute Gasteiger partial charge is 0.237 e. The molecule has 1 heterocycles. The maximum absolute atomic E-state index is 5.63. The van der Waals surface area contributed by atoms with Crippen molar-refractivity contribution in [2.24, 2.45) is 0 Å². The molecule has 1 aromatic carbocycles. The molecule has 16 heavy (non-hydrogen) atoms. The summed E-state index contributed by atoms with van der Waals surface area (Å²) < 4.78 is 5.63. The lowest BCUT2D eigenvalue weighted by molar-refractivity contribution is 0.455. The zero-order chi connectivity index (χ0) is 11.4. The highest BCUT2D eigenvalue weighted by Gasteiger charge is 2.03. The Bertz CT molecular complexity index is 468. The Morgan fingerprint density at radius 3 is 2.69 bits per heavy atom. The van der Waals surface area contributed by atoms with Crippen LogP contribution in [0.15, 0.2) is 36.7 Å². The fraction of sp³-hybridized carbons (Fsp3) is 0.167. The van der Waals surface area contributed by atoms with Crippen molar-refractivity contribution < 1.29 is 4.74 Å². The van der Waals surface area contributed by atoms with Crippen LogP contribution in [0.3, 0.4) is 0 Å². The monoisotopic (exact) mass is 215 g/mol. The highest BCUT2D eigenvalue weighted by atomic mass is 16.5. The van der Waals surface area contributed by atoms with E-state index in [-0.39, 0.29) is 0 Å². The third kappa shape index (κ3) is 2.28. The maximum Gasteiger partial charge on any atom is 0.237 e. The van der Waals surface area contributed by atoms with Crippen molar-refractivity contribution in [2.45, 2.75) is 13.3 Å². The lowest BCUT2D eigenvalue weighted by atomic mass is 10.1. The van der Waals surface area contributed by atoms with Gasteiger partial charge in [0.15, 0.2) is 0 Å². The third-order valence-corrected chi connectivity index (χ3v) is 2.22. The number of ether oxygens (including phenoxy) is 1.